The second-order valence-electron chi connectivity index (χ2n) is 7.43. The number of aliphatic carboxylic acids is 2. The number of sulfonamides is 1. The van der Waals surface area contributed by atoms with Crippen molar-refractivity contribution >= 4 is 32.7 Å². The molecule has 0 atom stereocenters. The number of hydrogen-bond acceptors (Lipinski definition) is 5. The number of carboxylic acids is 2. The Morgan fingerprint density at radius 2 is 1.45 bits per heavy atom. The molecule has 0 amide bonds. The van der Waals surface area contributed by atoms with Crippen LogP contribution in [0.4, 0.5) is 4.39 Å². The van der Waals surface area contributed by atoms with Crippen molar-refractivity contribution in [1.82, 2.24) is 9.21 Å². The van der Waals surface area contributed by atoms with Crippen LogP contribution in [0.2, 0.25) is 0 Å². The number of nitrogens with zero attached hydrogens (tertiary/aromatic N) is 2. The summed E-state index contributed by atoms with van der Waals surface area (Å²) in [6.45, 7) is 2.75. The van der Waals surface area contributed by atoms with Crippen molar-refractivity contribution in [2.45, 2.75) is 11.4 Å². The molecule has 0 aliphatic carbocycles. The van der Waals surface area contributed by atoms with Crippen molar-refractivity contribution in [1.29, 1.82) is 0 Å². The standard InChI is InChI=1S/C21H21FN2O2S.C2H2O4/c22-20-7-3-4-17(14-20)16-23-10-12-24(13-11-23)27(25,26)21-9-8-18-5-1-2-6-19(18)15-21;3-1(4)2(5)6/h1-9,14-15H,10-13,16H2;(H,3,4)(H,5,6). The normalized spacial score (nSPS) is 14.9. The lowest BCUT2D eigenvalue weighted by Crippen LogP contribution is -2.48. The van der Waals surface area contributed by atoms with Crippen molar-refractivity contribution in [3.05, 3.63) is 78.1 Å². The lowest BCUT2D eigenvalue weighted by Gasteiger charge is -2.34. The van der Waals surface area contributed by atoms with Crippen molar-refractivity contribution in [2.24, 2.45) is 0 Å². The van der Waals surface area contributed by atoms with E-state index in [1.54, 1.807) is 22.5 Å². The van der Waals surface area contributed by atoms with Crippen LogP contribution in [-0.4, -0.2) is 66.0 Å². The second-order valence-corrected chi connectivity index (χ2v) is 9.37. The fraction of sp³-hybridized carbons (Fsp3) is 0.217. The highest BCUT2D eigenvalue weighted by Crippen LogP contribution is 2.23. The van der Waals surface area contributed by atoms with Gasteiger partial charge in [0.05, 0.1) is 4.90 Å². The van der Waals surface area contributed by atoms with Gasteiger partial charge >= 0.3 is 11.9 Å². The molecule has 174 valence electrons. The highest BCUT2D eigenvalue weighted by atomic mass is 32.2. The van der Waals surface area contributed by atoms with Gasteiger partial charge in [-0.1, -0.05) is 42.5 Å². The summed E-state index contributed by atoms with van der Waals surface area (Å²) < 4.78 is 40.9. The van der Waals surface area contributed by atoms with Gasteiger partial charge in [0.1, 0.15) is 5.82 Å². The molecule has 0 spiro atoms. The fourth-order valence-electron chi connectivity index (χ4n) is 3.50. The molecule has 0 aromatic heterocycles. The molecular formula is C23H23FN2O6S. The first-order valence-electron chi connectivity index (χ1n) is 10.1. The Morgan fingerprint density at radius 3 is 2.06 bits per heavy atom. The minimum absolute atomic E-state index is 0.245. The molecule has 1 fully saturated rings. The zero-order chi connectivity index (χ0) is 24.0. The first kappa shape index (κ1) is 24.3. The van der Waals surface area contributed by atoms with E-state index in [1.807, 2.05) is 36.4 Å². The number of halogens is 1. The zero-order valence-corrected chi connectivity index (χ0v) is 18.4. The van der Waals surface area contributed by atoms with Gasteiger partial charge in [-0.2, -0.15) is 4.31 Å². The van der Waals surface area contributed by atoms with Crippen LogP contribution in [0.5, 0.6) is 0 Å². The molecule has 1 heterocycles. The maximum absolute atomic E-state index is 13.3. The zero-order valence-electron chi connectivity index (χ0n) is 17.6. The Hall–Kier alpha value is -3.34. The number of fused-ring (bicyclic) bond motifs is 1. The predicted molar refractivity (Wildman–Crippen MR) is 120 cm³/mol. The van der Waals surface area contributed by atoms with Crippen molar-refractivity contribution in [3.63, 3.8) is 0 Å². The van der Waals surface area contributed by atoms with Crippen molar-refractivity contribution in [3.8, 4) is 0 Å². The number of hydrogen-bond donors (Lipinski definition) is 2. The lowest BCUT2D eigenvalue weighted by molar-refractivity contribution is -0.159. The summed E-state index contributed by atoms with van der Waals surface area (Å²) in [6, 6.07) is 19.5. The minimum atomic E-state index is -3.51. The van der Waals surface area contributed by atoms with Crippen LogP contribution in [0.25, 0.3) is 10.8 Å². The first-order valence-corrected chi connectivity index (χ1v) is 11.5. The first-order chi connectivity index (χ1) is 15.7. The molecule has 1 saturated heterocycles. The third kappa shape index (κ3) is 6.35. The Balaban J connectivity index is 0.000000454. The Kier molecular flexibility index (Phi) is 7.75. The largest absolute Gasteiger partial charge is 0.473 e. The van der Waals surface area contributed by atoms with E-state index < -0.39 is 22.0 Å². The maximum Gasteiger partial charge on any atom is 0.414 e. The molecule has 0 saturated carbocycles. The molecule has 1 aliphatic rings. The van der Waals surface area contributed by atoms with Crippen LogP contribution in [0, 0.1) is 5.82 Å². The van der Waals surface area contributed by atoms with E-state index >= 15 is 0 Å². The molecule has 3 aromatic rings. The molecular weight excluding hydrogens is 451 g/mol. The Bertz CT molecular complexity index is 1240. The number of carbonyl (C=O) groups is 2. The number of rotatable bonds is 4. The summed E-state index contributed by atoms with van der Waals surface area (Å²) >= 11 is 0. The molecule has 2 N–H and O–H groups in total. The highest BCUT2D eigenvalue weighted by molar-refractivity contribution is 7.89. The predicted octanol–water partition coefficient (Wildman–Crippen LogP) is 2.64. The molecule has 8 nitrogen and oxygen atoms in total. The monoisotopic (exact) mass is 474 g/mol. The van der Waals surface area contributed by atoms with Gasteiger partial charge < -0.3 is 10.2 Å². The van der Waals surface area contributed by atoms with Gasteiger partial charge in [0, 0.05) is 32.7 Å². The molecule has 0 unspecified atom stereocenters. The third-order valence-corrected chi connectivity index (χ3v) is 7.06. The summed E-state index contributed by atoms with van der Waals surface area (Å²) in [5.74, 6) is -3.89. The van der Waals surface area contributed by atoms with Gasteiger partial charge in [-0.05, 0) is 40.6 Å². The number of benzene rings is 3. The van der Waals surface area contributed by atoms with Crippen LogP contribution < -0.4 is 0 Å². The maximum atomic E-state index is 13.3. The minimum Gasteiger partial charge on any atom is -0.473 e. The van der Waals surface area contributed by atoms with Gasteiger partial charge in [0.15, 0.2) is 0 Å². The van der Waals surface area contributed by atoms with Crippen LogP contribution in [0.3, 0.4) is 0 Å². The fourth-order valence-corrected chi connectivity index (χ4v) is 4.96. The molecule has 4 rings (SSSR count). The van der Waals surface area contributed by atoms with Gasteiger partial charge in [-0.25, -0.2) is 22.4 Å². The SMILES string of the molecule is O=C(O)C(=O)O.O=S(=O)(c1ccc2ccccc2c1)N1CCN(Cc2cccc(F)c2)CC1. The van der Waals surface area contributed by atoms with Crippen molar-refractivity contribution < 1.29 is 32.6 Å². The number of carboxylic acid groups (broad SMARTS) is 2. The molecule has 3 aromatic carbocycles. The molecule has 0 radical (unpaired) electrons. The smallest absolute Gasteiger partial charge is 0.414 e. The second kappa shape index (κ2) is 10.5. The summed E-state index contributed by atoms with van der Waals surface area (Å²) in [6.07, 6.45) is 0. The van der Waals surface area contributed by atoms with Crippen LogP contribution in [0.15, 0.2) is 71.6 Å². The van der Waals surface area contributed by atoms with E-state index in [-0.39, 0.29) is 5.82 Å². The molecule has 10 heteroatoms. The summed E-state index contributed by atoms with van der Waals surface area (Å²) in [7, 11) is -3.51. The molecule has 1 aliphatic heterocycles. The van der Waals surface area contributed by atoms with Gasteiger partial charge in [-0.3, -0.25) is 4.90 Å². The van der Waals surface area contributed by atoms with E-state index in [1.165, 1.54) is 12.1 Å². The van der Waals surface area contributed by atoms with E-state index in [0.29, 0.717) is 37.6 Å². The summed E-state index contributed by atoms with van der Waals surface area (Å²) in [5.41, 5.74) is 0.904. The van der Waals surface area contributed by atoms with Crippen LogP contribution >= 0.6 is 0 Å². The average Bonchev–Trinajstić information content (AvgIpc) is 2.79. The van der Waals surface area contributed by atoms with E-state index in [4.69, 9.17) is 19.8 Å². The third-order valence-electron chi connectivity index (χ3n) is 5.17. The highest BCUT2D eigenvalue weighted by Gasteiger charge is 2.28. The summed E-state index contributed by atoms with van der Waals surface area (Å²) in [5, 5.41) is 16.7. The van der Waals surface area contributed by atoms with E-state index in [2.05, 4.69) is 4.90 Å². The number of piperazine rings is 1. The van der Waals surface area contributed by atoms with Gasteiger partial charge in [-0.15, -0.1) is 0 Å². The Morgan fingerprint density at radius 1 is 0.818 bits per heavy atom. The topological polar surface area (TPSA) is 115 Å². The molecule has 33 heavy (non-hydrogen) atoms. The van der Waals surface area contributed by atoms with E-state index in [0.717, 1.165) is 16.3 Å². The van der Waals surface area contributed by atoms with Crippen molar-refractivity contribution in [2.75, 3.05) is 26.2 Å². The molecule has 0 bridgehead atoms. The van der Waals surface area contributed by atoms with Gasteiger partial charge in [0.25, 0.3) is 0 Å². The Labute approximate surface area is 190 Å². The van der Waals surface area contributed by atoms with Gasteiger partial charge in [0.2, 0.25) is 10.0 Å². The quantitative estimate of drug-likeness (QED) is 0.559. The van der Waals surface area contributed by atoms with Crippen LogP contribution in [-0.2, 0) is 26.2 Å². The van der Waals surface area contributed by atoms with E-state index in [9.17, 15) is 12.8 Å². The average molecular weight is 475 g/mol. The lowest BCUT2D eigenvalue weighted by atomic mass is 10.1. The van der Waals surface area contributed by atoms with Crippen LogP contribution in [0.1, 0.15) is 5.56 Å². The summed E-state index contributed by atoms with van der Waals surface area (Å²) in [4.78, 5) is 20.7.